The number of carbonyl (C=O) groups is 1. The van der Waals surface area contributed by atoms with Crippen molar-refractivity contribution in [2.24, 2.45) is 5.41 Å². The molecule has 2 heterocycles. The third-order valence-corrected chi connectivity index (χ3v) is 7.21. The van der Waals surface area contributed by atoms with E-state index in [0.29, 0.717) is 30.2 Å². The molecule has 1 fully saturated rings. The summed E-state index contributed by atoms with van der Waals surface area (Å²) >= 11 is 0. The number of ether oxygens (including phenoxy) is 1. The normalized spacial score (nSPS) is 14.8. The quantitative estimate of drug-likeness (QED) is 0.306. The first kappa shape index (κ1) is 25.3. The first-order chi connectivity index (χ1) is 19.3. The van der Waals surface area contributed by atoms with E-state index in [4.69, 9.17) is 4.74 Å². The lowest BCUT2D eigenvalue weighted by Gasteiger charge is -2.17. The molecule has 10 heteroatoms. The molecule has 1 saturated carbocycles. The minimum absolute atomic E-state index is 0.0643. The number of nitrogens with zero attached hydrogens (tertiary/aromatic N) is 4. The summed E-state index contributed by atoms with van der Waals surface area (Å²) in [5.41, 5.74) is 2.37. The lowest BCUT2D eigenvalue weighted by molar-refractivity contribution is -0.144. The van der Waals surface area contributed by atoms with Gasteiger partial charge in [0, 0.05) is 24.5 Å². The Bertz CT molecular complexity index is 1750. The number of benzene rings is 2. The Balaban J connectivity index is 1.30. The summed E-state index contributed by atoms with van der Waals surface area (Å²) < 4.78 is 8.11. The second kappa shape index (κ2) is 9.96. The Morgan fingerprint density at radius 3 is 2.40 bits per heavy atom. The van der Waals surface area contributed by atoms with Gasteiger partial charge < -0.3 is 15.2 Å². The summed E-state index contributed by atoms with van der Waals surface area (Å²) in [6, 6.07) is 18.6. The molecule has 0 unspecified atom stereocenters. The molecule has 2 aromatic heterocycles. The Morgan fingerprint density at radius 2 is 1.77 bits per heavy atom. The molecule has 0 spiro atoms. The highest BCUT2D eigenvalue weighted by Crippen LogP contribution is 2.46. The predicted molar refractivity (Wildman–Crippen MR) is 149 cm³/mol. The van der Waals surface area contributed by atoms with Crippen LogP contribution in [0, 0.1) is 12.3 Å². The van der Waals surface area contributed by atoms with E-state index in [2.05, 4.69) is 21.4 Å². The van der Waals surface area contributed by atoms with E-state index < -0.39 is 22.8 Å². The molecule has 2 aliphatic carbocycles. The molecule has 40 heavy (non-hydrogen) atoms. The maximum atomic E-state index is 13.6. The fourth-order valence-corrected chi connectivity index (χ4v) is 4.51. The lowest BCUT2D eigenvalue weighted by atomic mass is 10.1. The first-order valence-corrected chi connectivity index (χ1v) is 13.0. The number of aryl methyl sites for hydroxylation is 1. The van der Waals surface area contributed by atoms with Gasteiger partial charge in [0.15, 0.2) is 0 Å². The number of hydrogen-bond donors (Lipinski definition) is 2. The second-order valence-corrected chi connectivity index (χ2v) is 10.3. The summed E-state index contributed by atoms with van der Waals surface area (Å²) in [5, 5.41) is 12.7. The van der Waals surface area contributed by atoms with Gasteiger partial charge in [-0.3, -0.25) is 9.36 Å². The van der Waals surface area contributed by atoms with Crippen LogP contribution < -0.4 is 21.4 Å². The fraction of sp³-hybridized carbons (Fsp3) is 0.233. The number of anilines is 2. The van der Waals surface area contributed by atoms with Crippen molar-refractivity contribution in [1.82, 2.24) is 19.1 Å². The van der Waals surface area contributed by atoms with Crippen LogP contribution in [0.5, 0.6) is 11.6 Å². The van der Waals surface area contributed by atoms with Crippen LogP contribution in [0.2, 0.25) is 0 Å². The van der Waals surface area contributed by atoms with Crippen LogP contribution in [0.15, 0.2) is 82.5 Å². The number of carboxylic acids is 1. The van der Waals surface area contributed by atoms with Crippen molar-refractivity contribution >= 4 is 23.2 Å². The molecule has 202 valence electrons. The summed E-state index contributed by atoms with van der Waals surface area (Å²) in [6.07, 6.45) is 5.63. The zero-order valence-electron chi connectivity index (χ0n) is 21.8. The molecule has 4 aromatic rings. The monoisotopic (exact) mass is 537 g/mol. The highest BCUT2D eigenvalue weighted by molar-refractivity contribution is 5.78. The molecule has 0 bridgehead atoms. The lowest BCUT2D eigenvalue weighted by Crippen LogP contribution is -2.45. The van der Waals surface area contributed by atoms with Gasteiger partial charge in [-0.15, -0.1) is 0 Å². The van der Waals surface area contributed by atoms with Crippen LogP contribution in [0.3, 0.4) is 0 Å². The summed E-state index contributed by atoms with van der Waals surface area (Å²) in [6.45, 7) is 1.89. The van der Waals surface area contributed by atoms with Gasteiger partial charge in [-0.05, 0) is 78.8 Å². The van der Waals surface area contributed by atoms with Crippen molar-refractivity contribution in [2.45, 2.75) is 39.3 Å². The van der Waals surface area contributed by atoms with E-state index in [1.54, 1.807) is 30.5 Å². The number of carboxylic acid groups (broad SMARTS) is 1. The van der Waals surface area contributed by atoms with Crippen LogP contribution in [0.1, 0.15) is 36.0 Å². The molecule has 0 aliphatic heterocycles. The molecule has 0 atom stereocenters. The maximum absolute atomic E-state index is 13.6. The molecule has 10 nitrogen and oxygen atoms in total. The number of rotatable bonds is 10. The van der Waals surface area contributed by atoms with Gasteiger partial charge in [-0.2, -0.15) is 4.98 Å². The summed E-state index contributed by atoms with van der Waals surface area (Å²) in [4.78, 5) is 46.7. The topological polar surface area (TPSA) is 128 Å². The number of allylic oxidation sites excluding steroid dienone is 2. The number of aliphatic carboxylic acids is 1. The molecule has 2 aromatic carbocycles. The fourth-order valence-electron chi connectivity index (χ4n) is 4.51. The molecule has 2 N–H and O–H groups in total. The molecular formula is C30H27N5O5. The van der Waals surface area contributed by atoms with Gasteiger partial charge in [0.1, 0.15) is 5.75 Å². The SMILES string of the molecule is Cc1ccnc(Oc2ccc(Nc3nc(=O)n(CC4(C(=O)O)CC4)c(=O)n3Cc3ccc(C4=CC4)cc3)cc2)c1. The van der Waals surface area contributed by atoms with E-state index in [1.807, 2.05) is 43.3 Å². The van der Waals surface area contributed by atoms with Crippen LogP contribution in [-0.2, 0) is 17.9 Å². The highest BCUT2D eigenvalue weighted by Gasteiger charge is 2.51. The third-order valence-electron chi connectivity index (χ3n) is 7.21. The van der Waals surface area contributed by atoms with Crippen molar-refractivity contribution in [3.8, 4) is 11.6 Å². The number of pyridine rings is 1. The molecule has 6 rings (SSSR count). The minimum Gasteiger partial charge on any atom is -0.481 e. The van der Waals surface area contributed by atoms with Gasteiger partial charge >= 0.3 is 17.3 Å². The minimum atomic E-state index is -1.10. The summed E-state index contributed by atoms with van der Waals surface area (Å²) in [5.74, 6) is 0.0902. The standard InChI is InChI=1S/C30H27N5O5/c1-19-12-15-31-25(16-19)40-24-10-8-23(9-11-24)32-27-33-28(38)35(18-30(13-14-30)26(36)37)29(39)34(27)17-20-2-4-21(5-3-20)22-6-7-22/h2-6,8-12,15-16H,7,13-14,17-18H2,1H3,(H,36,37)(H,32,33,38). The van der Waals surface area contributed by atoms with E-state index >= 15 is 0 Å². The van der Waals surface area contributed by atoms with Crippen LogP contribution >= 0.6 is 0 Å². The van der Waals surface area contributed by atoms with Crippen molar-refractivity contribution < 1.29 is 14.6 Å². The molecular weight excluding hydrogens is 510 g/mol. The number of aromatic nitrogens is 4. The number of nitrogens with one attached hydrogen (secondary N) is 1. The van der Waals surface area contributed by atoms with E-state index in [1.165, 1.54) is 10.1 Å². The Morgan fingerprint density at radius 1 is 1.05 bits per heavy atom. The van der Waals surface area contributed by atoms with Crippen molar-refractivity contribution in [3.05, 3.63) is 111 Å². The largest absolute Gasteiger partial charge is 0.481 e. The van der Waals surface area contributed by atoms with E-state index in [0.717, 1.165) is 27.7 Å². The molecule has 0 amide bonds. The van der Waals surface area contributed by atoms with Crippen LogP contribution in [0.25, 0.3) is 5.57 Å². The first-order valence-electron chi connectivity index (χ1n) is 13.0. The van der Waals surface area contributed by atoms with Crippen molar-refractivity contribution in [3.63, 3.8) is 0 Å². The van der Waals surface area contributed by atoms with Crippen LogP contribution in [-0.4, -0.2) is 30.2 Å². The molecule has 0 radical (unpaired) electrons. The van der Waals surface area contributed by atoms with Gasteiger partial charge in [0.25, 0.3) is 0 Å². The predicted octanol–water partition coefficient (Wildman–Crippen LogP) is 4.34. The van der Waals surface area contributed by atoms with Gasteiger partial charge in [-0.1, -0.05) is 30.3 Å². The Hall–Kier alpha value is -4.99. The average Bonchev–Trinajstić information content (AvgIpc) is 3.86. The molecule has 0 saturated heterocycles. The second-order valence-electron chi connectivity index (χ2n) is 10.3. The van der Waals surface area contributed by atoms with E-state index in [9.17, 15) is 19.5 Å². The van der Waals surface area contributed by atoms with Gasteiger partial charge in [0.2, 0.25) is 11.8 Å². The average molecular weight is 538 g/mol. The highest BCUT2D eigenvalue weighted by atomic mass is 16.5. The van der Waals surface area contributed by atoms with Crippen LogP contribution in [0.4, 0.5) is 11.6 Å². The number of hydrogen-bond acceptors (Lipinski definition) is 7. The third kappa shape index (κ3) is 5.28. The van der Waals surface area contributed by atoms with Crippen molar-refractivity contribution in [1.29, 1.82) is 0 Å². The smallest absolute Gasteiger partial charge is 0.354 e. The maximum Gasteiger partial charge on any atom is 0.354 e. The Labute approximate surface area is 229 Å². The zero-order valence-corrected chi connectivity index (χ0v) is 21.8. The van der Waals surface area contributed by atoms with Crippen molar-refractivity contribution in [2.75, 3.05) is 5.32 Å². The van der Waals surface area contributed by atoms with E-state index in [-0.39, 0.29) is 19.0 Å². The van der Waals surface area contributed by atoms with Gasteiger partial charge in [0.05, 0.1) is 12.0 Å². The zero-order chi connectivity index (χ0) is 27.9. The molecule has 2 aliphatic rings. The van der Waals surface area contributed by atoms with Gasteiger partial charge in [-0.25, -0.2) is 19.1 Å². The Kier molecular flexibility index (Phi) is 6.30. The summed E-state index contributed by atoms with van der Waals surface area (Å²) in [7, 11) is 0.